The van der Waals surface area contributed by atoms with Gasteiger partial charge in [-0.15, -0.1) is 0 Å². The summed E-state index contributed by atoms with van der Waals surface area (Å²) in [5.41, 5.74) is 0.958. The number of rotatable bonds is 2. The molecule has 70 valence electrons. The quantitative estimate of drug-likeness (QED) is 0.849. The molecule has 3 heteroatoms. The van der Waals surface area contributed by atoms with Crippen LogP contribution >= 0.6 is 15.9 Å². The van der Waals surface area contributed by atoms with Gasteiger partial charge < -0.3 is 5.11 Å². The Balaban J connectivity index is 2.37. The Morgan fingerprint density at radius 3 is 2.62 bits per heavy atom. The molecule has 0 atom stereocenters. The van der Waals surface area contributed by atoms with Crippen molar-refractivity contribution in [1.82, 2.24) is 0 Å². The molecule has 1 N–H and O–H groups in total. The zero-order chi connectivity index (χ0) is 9.47. The topological polar surface area (TPSA) is 20.2 Å². The zero-order valence-electron chi connectivity index (χ0n) is 7.06. The highest BCUT2D eigenvalue weighted by molar-refractivity contribution is 9.10. The van der Waals surface area contributed by atoms with E-state index in [-0.39, 0.29) is 17.8 Å². The first-order valence-electron chi connectivity index (χ1n) is 4.24. The van der Waals surface area contributed by atoms with Gasteiger partial charge in [0.1, 0.15) is 5.82 Å². The molecule has 0 heterocycles. The van der Waals surface area contributed by atoms with Crippen LogP contribution < -0.4 is 0 Å². The van der Waals surface area contributed by atoms with E-state index in [0.717, 1.165) is 18.4 Å². The van der Waals surface area contributed by atoms with E-state index < -0.39 is 0 Å². The Kier molecular flexibility index (Phi) is 2.16. The van der Waals surface area contributed by atoms with E-state index >= 15 is 0 Å². The molecule has 1 fully saturated rings. The molecule has 0 unspecified atom stereocenters. The lowest BCUT2D eigenvalue weighted by molar-refractivity contribution is 0.255. The molecule has 0 bridgehead atoms. The second-order valence-corrected chi connectivity index (χ2v) is 4.42. The molecule has 0 radical (unpaired) electrons. The predicted octanol–water partition coefficient (Wildman–Crippen LogP) is 2.61. The van der Waals surface area contributed by atoms with Crippen molar-refractivity contribution in [3.8, 4) is 0 Å². The third-order valence-corrected chi connectivity index (χ3v) is 3.30. The molecule has 0 saturated heterocycles. The molecule has 1 aliphatic rings. The average Bonchev–Trinajstić information content (AvgIpc) is 2.90. The minimum absolute atomic E-state index is 0.0732. The maximum atomic E-state index is 12.9. The summed E-state index contributed by atoms with van der Waals surface area (Å²) in [5, 5.41) is 9.16. The Bertz CT molecular complexity index is 334. The summed E-state index contributed by atoms with van der Waals surface area (Å²) in [6.07, 6.45) is 2.00. The maximum Gasteiger partial charge on any atom is 0.137 e. The molecule has 1 aromatic carbocycles. The minimum Gasteiger partial charge on any atom is -0.395 e. The van der Waals surface area contributed by atoms with Crippen LogP contribution in [0.15, 0.2) is 22.7 Å². The van der Waals surface area contributed by atoms with Gasteiger partial charge in [-0.25, -0.2) is 4.39 Å². The normalized spacial score (nSPS) is 18.7. The summed E-state index contributed by atoms with van der Waals surface area (Å²) in [5.74, 6) is -0.252. The van der Waals surface area contributed by atoms with Crippen molar-refractivity contribution >= 4 is 15.9 Å². The van der Waals surface area contributed by atoms with Crippen molar-refractivity contribution in [3.63, 3.8) is 0 Å². The fraction of sp³-hybridized carbons (Fsp3) is 0.400. The lowest BCUT2D eigenvalue weighted by atomic mass is 9.97. The van der Waals surface area contributed by atoms with Crippen LogP contribution in [-0.4, -0.2) is 11.7 Å². The van der Waals surface area contributed by atoms with Crippen molar-refractivity contribution in [2.24, 2.45) is 0 Å². The largest absolute Gasteiger partial charge is 0.395 e. The van der Waals surface area contributed by atoms with E-state index in [1.807, 2.05) is 0 Å². The standard InChI is InChI=1S/C10H10BrFO/c11-8-5-7(1-2-9(8)12)10(6-13)3-4-10/h1-2,5,13H,3-4,6H2. The molecule has 1 saturated carbocycles. The third kappa shape index (κ3) is 1.51. The first kappa shape index (κ1) is 9.16. The van der Waals surface area contributed by atoms with Crippen LogP contribution in [0.25, 0.3) is 0 Å². The zero-order valence-corrected chi connectivity index (χ0v) is 8.64. The molecular weight excluding hydrogens is 235 g/mol. The number of hydrogen-bond acceptors (Lipinski definition) is 1. The van der Waals surface area contributed by atoms with Crippen LogP contribution in [0.4, 0.5) is 4.39 Å². The second-order valence-electron chi connectivity index (χ2n) is 3.57. The monoisotopic (exact) mass is 244 g/mol. The lowest BCUT2D eigenvalue weighted by Crippen LogP contribution is -2.11. The van der Waals surface area contributed by atoms with Gasteiger partial charge in [0.25, 0.3) is 0 Å². The number of aliphatic hydroxyl groups is 1. The fourth-order valence-corrected chi connectivity index (χ4v) is 1.89. The van der Waals surface area contributed by atoms with Gasteiger partial charge in [0, 0.05) is 5.41 Å². The molecular formula is C10H10BrFO. The van der Waals surface area contributed by atoms with E-state index in [0.29, 0.717) is 4.47 Å². The van der Waals surface area contributed by atoms with E-state index in [1.165, 1.54) is 6.07 Å². The first-order valence-corrected chi connectivity index (χ1v) is 5.04. The van der Waals surface area contributed by atoms with Crippen LogP contribution in [0.2, 0.25) is 0 Å². The molecule has 1 aliphatic carbocycles. The van der Waals surface area contributed by atoms with E-state index in [2.05, 4.69) is 15.9 Å². The Morgan fingerprint density at radius 1 is 1.46 bits per heavy atom. The molecule has 0 spiro atoms. The second kappa shape index (κ2) is 3.07. The molecule has 1 nitrogen and oxygen atoms in total. The van der Waals surface area contributed by atoms with Crippen LogP contribution in [0.1, 0.15) is 18.4 Å². The smallest absolute Gasteiger partial charge is 0.137 e. The average molecular weight is 245 g/mol. The van der Waals surface area contributed by atoms with Crippen LogP contribution in [-0.2, 0) is 5.41 Å². The van der Waals surface area contributed by atoms with E-state index in [1.54, 1.807) is 12.1 Å². The van der Waals surface area contributed by atoms with Crippen molar-refractivity contribution in [1.29, 1.82) is 0 Å². The van der Waals surface area contributed by atoms with Crippen LogP contribution in [0, 0.1) is 5.82 Å². The Labute approximate surface area is 84.7 Å². The SMILES string of the molecule is OCC1(c2ccc(F)c(Br)c2)CC1. The van der Waals surface area contributed by atoms with Crippen molar-refractivity contribution in [2.45, 2.75) is 18.3 Å². The van der Waals surface area contributed by atoms with Crippen molar-refractivity contribution in [2.75, 3.05) is 6.61 Å². The third-order valence-electron chi connectivity index (χ3n) is 2.69. The molecule has 1 aromatic rings. The van der Waals surface area contributed by atoms with Gasteiger partial charge in [0.15, 0.2) is 0 Å². The molecule has 13 heavy (non-hydrogen) atoms. The minimum atomic E-state index is -0.252. The summed E-state index contributed by atoms with van der Waals surface area (Å²) in [7, 11) is 0. The lowest BCUT2D eigenvalue weighted by Gasteiger charge is -2.12. The van der Waals surface area contributed by atoms with Gasteiger partial charge in [-0.2, -0.15) is 0 Å². The molecule has 0 amide bonds. The Hall–Kier alpha value is -0.410. The highest BCUT2D eigenvalue weighted by Gasteiger charge is 2.43. The summed E-state index contributed by atoms with van der Waals surface area (Å²) in [6, 6.07) is 4.96. The number of halogens is 2. The highest BCUT2D eigenvalue weighted by atomic mass is 79.9. The molecule has 0 aliphatic heterocycles. The van der Waals surface area contributed by atoms with Gasteiger partial charge in [0.05, 0.1) is 11.1 Å². The van der Waals surface area contributed by atoms with E-state index in [9.17, 15) is 4.39 Å². The fourth-order valence-electron chi connectivity index (χ4n) is 1.51. The number of benzene rings is 1. The maximum absolute atomic E-state index is 12.9. The van der Waals surface area contributed by atoms with Crippen LogP contribution in [0.3, 0.4) is 0 Å². The number of aliphatic hydroxyl groups excluding tert-OH is 1. The molecule has 0 aromatic heterocycles. The summed E-state index contributed by atoms with van der Waals surface area (Å²) in [6.45, 7) is 0.158. The van der Waals surface area contributed by atoms with Gasteiger partial charge >= 0.3 is 0 Å². The first-order chi connectivity index (χ1) is 6.18. The summed E-state index contributed by atoms with van der Waals surface area (Å²) in [4.78, 5) is 0. The highest BCUT2D eigenvalue weighted by Crippen LogP contribution is 2.48. The van der Waals surface area contributed by atoms with Gasteiger partial charge in [-0.3, -0.25) is 0 Å². The number of hydrogen-bond donors (Lipinski definition) is 1. The van der Waals surface area contributed by atoms with Gasteiger partial charge in [-0.1, -0.05) is 6.07 Å². The summed E-state index contributed by atoms with van der Waals surface area (Å²) >= 11 is 3.14. The van der Waals surface area contributed by atoms with E-state index in [4.69, 9.17) is 5.11 Å². The van der Waals surface area contributed by atoms with Crippen molar-refractivity contribution in [3.05, 3.63) is 34.1 Å². The van der Waals surface area contributed by atoms with Gasteiger partial charge in [-0.05, 0) is 46.5 Å². The Morgan fingerprint density at radius 2 is 2.15 bits per heavy atom. The van der Waals surface area contributed by atoms with Crippen molar-refractivity contribution < 1.29 is 9.50 Å². The van der Waals surface area contributed by atoms with Crippen LogP contribution in [0.5, 0.6) is 0 Å². The predicted molar refractivity (Wildman–Crippen MR) is 52.1 cm³/mol. The summed E-state index contributed by atoms with van der Waals surface area (Å²) < 4.78 is 13.4. The molecule has 2 rings (SSSR count). The van der Waals surface area contributed by atoms with Gasteiger partial charge in [0.2, 0.25) is 0 Å².